The average Bonchev–Trinajstić information content (AvgIpc) is 3.45. The molecule has 0 spiro atoms. The van der Waals surface area contributed by atoms with Gasteiger partial charge in [-0.1, -0.05) is 35.3 Å². The van der Waals surface area contributed by atoms with Gasteiger partial charge >= 0.3 is 6.03 Å². The van der Waals surface area contributed by atoms with Crippen molar-refractivity contribution >= 4 is 35.2 Å². The zero-order valence-corrected chi connectivity index (χ0v) is 19.4. The predicted molar refractivity (Wildman–Crippen MR) is 126 cm³/mol. The number of amides is 1. The number of nitrogens with zero attached hydrogens (tertiary/aromatic N) is 4. The first-order valence-electron chi connectivity index (χ1n) is 10.8. The summed E-state index contributed by atoms with van der Waals surface area (Å²) in [6, 6.07) is 7.80. The third kappa shape index (κ3) is 4.24. The molecule has 8 nitrogen and oxygen atoms in total. The summed E-state index contributed by atoms with van der Waals surface area (Å²) in [7, 11) is 0. The van der Waals surface area contributed by atoms with Crippen molar-refractivity contribution in [1.29, 1.82) is 0 Å². The van der Waals surface area contributed by atoms with E-state index in [2.05, 4.69) is 15.3 Å². The molecule has 34 heavy (non-hydrogen) atoms. The Hall–Kier alpha value is -2.72. The number of carbonyl (C=O) groups is 1. The Bertz CT molecular complexity index is 1230. The van der Waals surface area contributed by atoms with E-state index in [1.807, 2.05) is 12.1 Å². The molecule has 1 aliphatic heterocycles. The van der Waals surface area contributed by atoms with E-state index in [9.17, 15) is 19.4 Å². The van der Waals surface area contributed by atoms with Crippen LogP contribution in [0.15, 0.2) is 42.7 Å². The summed E-state index contributed by atoms with van der Waals surface area (Å²) in [4.78, 5) is 23.4. The van der Waals surface area contributed by atoms with Gasteiger partial charge in [0.1, 0.15) is 6.17 Å². The Kier molecular flexibility index (Phi) is 6.20. The summed E-state index contributed by atoms with van der Waals surface area (Å²) in [6.45, 7) is 0.0500. The molecular formula is C23H22Cl2FN5O3. The number of benzene rings is 1. The minimum Gasteiger partial charge on any atom is -0.394 e. The number of aliphatic hydroxyl groups excluding tert-OH is 2. The average molecular weight is 506 g/mol. The molecule has 0 radical (unpaired) electrons. The van der Waals surface area contributed by atoms with Crippen LogP contribution in [0.1, 0.15) is 30.1 Å². The number of alkyl halides is 1. The summed E-state index contributed by atoms with van der Waals surface area (Å²) < 4.78 is 15.1. The zero-order valence-electron chi connectivity index (χ0n) is 17.9. The van der Waals surface area contributed by atoms with Gasteiger partial charge in [0.05, 0.1) is 42.2 Å². The van der Waals surface area contributed by atoms with Crippen LogP contribution in [-0.2, 0) is 6.54 Å². The number of fused-ring (bicyclic) bond motifs is 1. The molecule has 5 rings (SSSR count). The molecule has 3 N–H and O–H groups in total. The molecule has 11 heteroatoms. The van der Waals surface area contributed by atoms with Crippen LogP contribution in [0.2, 0.25) is 10.0 Å². The molecule has 1 saturated carbocycles. The monoisotopic (exact) mass is 505 g/mol. The van der Waals surface area contributed by atoms with E-state index in [0.717, 1.165) is 11.3 Å². The fraction of sp³-hybridized carbons (Fsp3) is 0.348. The normalized spacial score (nSPS) is 22.8. The fourth-order valence-electron chi connectivity index (χ4n) is 4.56. The van der Waals surface area contributed by atoms with Crippen molar-refractivity contribution in [3.8, 4) is 11.3 Å². The van der Waals surface area contributed by atoms with E-state index in [1.165, 1.54) is 10.8 Å². The number of carbonyl (C=O) groups excluding carboxylic acids is 1. The Morgan fingerprint density at radius 1 is 1.26 bits per heavy atom. The maximum absolute atomic E-state index is 13.6. The summed E-state index contributed by atoms with van der Waals surface area (Å²) in [5.74, 6) is 0.270. The Balaban J connectivity index is 1.37. The smallest absolute Gasteiger partial charge is 0.329 e. The highest BCUT2D eigenvalue weighted by Gasteiger charge is 2.35. The predicted octanol–water partition coefficient (Wildman–Crippen LogP) is 4.04. The number of anilines is 1. The molecule has 0 bridgehead atoms. The molecule has 4 atom stereocenters. The first-order chi connectivity index (χ1) is 16.3. The summed E-state index contributed by atoms with van der Waals surface area (Å²) in [5.41, 5.74) is 2.54. The van der Waals surface area contributed by atoms with Crippen LogP contribution in [0.3, 0.4) is 0 Å². The highest BCUT2D eigenvalue weighted by Crippen LogP contribution is 2.35. The maximum Gasteiger partial charge on any atom is 0.329 e. The highest BCUT2D eigenvalue weighted by molar-refractivity contribution is 6.33. The van der Waals surface area contributed by atoms with Crippen LogP contribution < -0.4 is 5.32 Å². The van der Waals surface area contributed by atoms with E-state index < -0.39 is 18.3 Å². The van der Waals surface area contributed by atoms with Gasteiger partial charge in [-0.2, -0.15) is 0 Å². The number of aliphatic hydroxyl groups is 2. The highest BCUT2D eigenvalue weighted by atomic mass is 35.5. The molecule has 1 aromatic carbocycles. The molecule has 178 valence electrons. The van der Waals surface area contributed by atoms with Crippen molar-refractivity contribution in [2.75, 3.05) is 11.9 Å². The molecule has 4 unspecified atom stereocenters. The second-order valence-corrected chi connectivity index (χ2v) is 9.38. The molecule has 1 amide bonds. The van der Waals surface area contributed by atoms with E-state index in [0.29, 0.717) is 27.8 Å². The largest absolute Gasteiger partial charge is 0.394 e. The molecule has 2 aliphatic rings. The zero-order chi connectivity index (χ0) is 24.0. The van der Waals surface area contributed by atoms with Crippen LogP contribution in [0.25, 0.3) is 11.3 Å². The fourth-order valence-corrected chi connectivity index (χ4v) is 4.96. The standard InChI is InChI=1S/C23H22Cl2FN5O3/c24-14-3-1-2-12(4-14)19(11-32)31-10-16-5-13(9-30(16)23(31)34)21-17(25)8-27-22(29-21)28-15-6-18(26)20(33)7-15/h1-5,8-9,15,18-20,32-33H,6-7,10-11H2,(H,27,28,29). The maximum atomic E-state index is 13.6. The number of rotatable bonds is 6. The van der Waals surface area contributed by atoms with E-state index >= 15 is 0 Å². The van der Waals surface area contributed by atoms with Gasteiger partial charge < -0.3 is 20.4 Å². The topological polar surface area (TPSA) is 104 Å². The molecular weight excluding hydrogens is 484 g/mol. The number of hydrogen-bond acceptors (Lipinski definition) is 6. The number of aromatic nitrogens is 3. The van der Waals surface area contributed by atoms with Gasteiger partial charge in [0.2, 0.25) is 5.95 Å². The Morgan fingerprint density at radius 2 is 2.09 bits per heavy atom. The molecule has 3 aromatic rings. The second-order valence-electron chi connectivity index (χ2n) is 8.54. The Morgan fingerprint density at radius 3 is 2.76 bits per heavy atom. The lowest BCUT2D eigenvalue weighted by molar-refractivity contribution is 0.103. The molecule has 2 aromatic heterocycles. The lowest BCUT2D eigenvalue weighted by Crippen LogP contribution is -2.32. The summed E-state index contributed by atoms with van der Waals surface area (Å²) in [5, 5.41) is 23.5. The molecule has 0 saturated heterocycles. The van der Waals surface area contributed by atoms with Crippen LogP contribution in [0, 0.1) is 0 Å². The molecule has 1 fully saturated rings. The van der Waals surface area contributed by atoms with Crippen LogP contribution in [0.5, 0.6) is 0 Å². The van der Waals surface area contributed by atoms with Gasteiger partial charge in [-0.05, 0) is 30.2 Å². The quantitative estimate of drug-likeness (QED) is 0.467. The van der Waals surface area contributed by atoms with E-state index in [4.69, 9.17) is 23.2 Å². The number of halogens is 3. The van der Waals surface area contributed by atoms with Gasteiger partial charge in [0.25, 0.3) is 0 Å². The number of hydrogen-bond donors (Lipinski definition) is 3. The first kappa shape index (κ1) is 23.0. The van der Waals surface area contributed by atoms with Gasteiger partial charge in [-0.3, -0.25) is 4.57 Å². The SMILES string of the molecule is O=C1N(C(CO)c2cccc(Cl)c2)Cc2cc(-c3nc(NC4CC(O)C(F)C4)ncc3Cl)cn21. The van der Waals surface area contributed by atoms with Crippen molar-refractivity contribution < 1.29 is 19.4 Å². The van der Waals surface area contributed by atoms with E-state index in [1.54, 1.807) is 29.3 Å². The minimum absolute atomic E-state index is 0.173. The lowest BCUT2D eigenvalue weighted by atomic mass is 10.1. The van der Waals surface area contributed by atoms with Gasteiger partial charge in [0, 0.05) is 34.9 Å². The van der Waals surface area contributed by atoms with Crippen molar-refractivity contribution in [3.05, 3.63) is 64.0 Å². The van der Waals surface area contributed by atoms with Crippen molar-refractivity contribution in [1.82, 2.24) is 19.4 Å². The Labute approximate surface area is 205 Å². The first-order valence-corrected chi connectivity index (χ1v) is 11.6. The summed E-state index contributed by atoms with van der Waals surface area (Å²) >= 11 is 12.4. The van der Waals surface area contributed by atoms with Gasteiger partial charge in [0.15, 0.2) is 0 Å². The second kappa shape index (κ2) is 9.14. The van der Waals surface area contributed by atoms with Gasteiger partial charge in [-0.15, -0.1) is 0 Å². The number of nitrogens with one attached hydrogen (secondary N) is 1. The molecule has 3 heterocycles. The molecule has 1 aliphatic carbocycles. The summed E-state index contributed by atoms with van der Waals surface area (Å²) in [6.07, 6.45) is 1.27. The van der Waals surface area contributed by atoms with Crippen molar-refractivity contribution in [3.63, 3.8) is 0 Å². The minimum atomic E-state index is -1.28. The van der Waals surface area contributed by atoms with Crippen molar-refractivity contribution in [2.24, 2.45) is 0 Å². The van der Waals surface area contributed by atoms with Crippen molar-refractivity contribution in [2.45, 2.75) is 43.7 Å². The van der Waals surface area contributed by atoms with Crippen LogP contribution >= 0.6 is 23.2 Å². The third-order valence-electron chi connectivity index (χ3n) is 6.27. The van der Waals surface area contributed by atoms with Gasteiger partial charge in [-0.25, -0.2) is 19.2 Å². The van der Waals surface area contributed by atoms with E-state index in [-0.39, 0.29) is 37.5 Å². The lowest BCUT2D eigenvalue weighted by Gasteiger charge is -2.26. The third-order valence-corrected chi connectivity index (χ3v) is 6.78. The van der Waals surface area contributed by atoms with Crippen LogP contribution in [0.4, 0.5) is 15.1 Å². The van der Waals surface area contributed by atoms with Crippen LogP contribution in [-0.4, -0.2) is 60.6 Å².